The Bertz CT molecular complexity index is 799. The normalized spacial score (nSPS) is 29.7. The third-order valence-corrected chi connectivity index (χ3v) is 10.6. The topological polar surface area (TPSA) is 105 Å². The molecule has 8 nitrogen and oxygen atoms in total. The van der Waals surface area contributed by atoms with E-state index in [1.165, 1.54) is 4.57 Å². The summed E-state index contributed by atoms with van der Waals surface area (Å²) in [5.41, 5.74) is 6.14. The average Bonchev–Trinajstić information content (AvgIpc) is 3.13. The van der Waals surface area contributed by atoms with Crippen LogP contribution in [0.5, 0.6) is 0 Å². The largest absolute Gasteiger partial charge is 0.414 e. The summed E-state index contributed by atoms with van der Waals surface area (Å²) >= 11 is 6.25. The molecule has 0 saturated carbocycles. The van der Waals surface area contributed by atoms with Crippen LogP contribution in [-0.2, 0) is 18.6 Å². The van der Waals surface area contributed by atoms with Crippen LogP contribution in [0.15, 0.2) is 0 Å². The second-order valence-corrected chi connectivity index (χ2v) is 14.4. The van der Waals surface area contributed by atoms with Crippen LogP contribution in [0.1, 0.15) is 46.5 Å². The second-order valence-electron chi connectivity index (χ2n) is 9.30. The summed E-state index contributed by atoms with van der Waals surface area (Å²) in [4.78, 5) is 4.01. The van der Waals surface area contributed by atoms with Gasteiger partial charge in [-0.1, -0.05) is 20.8 Å². The molecule has 0 amide bonds. The Hall–Kier alpha value is -1.15. The van der Waals surface area contributed by atoms with Crippen molar-refractivity contribution in [2.24, 2.45) is 0 Å². The molecule has 0 radical (unpaired) electrons. The number of hydrogen-bond donors (Lipinski definition) is 1. The van der Waals surface area contributed by atoms with Gasteiger partial charge in [0.1, 0.15) is 30.2 Å². The van der Waals surface area contributed by atoms with Crippen LogP contribution < -0.4 is 5.73 Å². The van der Waals surface area contributed by atoms with Crippen molar-refractivity contribution in [1.82, 2.24) is 9.55 Å². The highest BCUT2D eigenvalue weighted by molar-refractivity contribution is 6.74. The first-order valence-corrected chi connectivity index (χ1v) is 12.6. The number of imidazole rings is 1. The summed E-state index contributed by atoms with van der Waals surface area (Å²) in [6, 6.07) is 1.94. The van der Waals surface area contributed by atoms with Gasteiger partial charge in [0.2, 0.25) is 5.28 Å². The van der Waals surface area contributed by atoms with Gasteiger partial charge < -0.3 is 24.4 Å². The minimum absolute atomic E-state index is 0.0595. The molecule has 3 heterocycles. The smallest absolute Gasteiger partial charge is 0.207 e. The summed E-state index contributed by atoms with van der Waals surface area (Å²) in [5, 5.41) is 9.36. The van der Waals surface area contributed by atoms with E-state index in [0.29, 0.717) is 6.61 Å². The van der Waals surface area contributed by atoms with Crippen LogP contribution in [0.3, 0.4) is 0 Å². The molecule has 0 unspecified atom stereocenters. The zero-order valence-corrected chi connectivity index (χ0v) is 19.2. The predicted molar refractivity (Wildman–Crippen MR) is 107 cm³/mol. The van der Waals surface area contributed by atoms with E-state index in [4.69, 9.17) is 36.0 Å². The lowest BCUT2D eigenvalue weighted by atomic mass is 10.1. The molecule has 2 saturated heterocycles. The van der Waals surface area contributed by atoms with Crippen molar-refractivity contribution < 1.29 is 18.6 Å². The molecule has 0 spiro atoms. The Balaban J connectivity index is 1.87. The highest BCUT2D eigenvalue weighted by Gasteiger charge is 2.57. The van der Waals surface area contributed by atoms with Crippen molar-refractivity contribution in [3.63, 3.8) is 0 Å². The number of nitrogens with two attached hydrogens (primary N) is 1. The van der Waals surface area contributed by atoms with Gasteiger partial charge >= 0.3 is 0 Å². The van der Waals surface area contributed by atoms with Crippen LogP contribution in [-0.4, -0.2) is 48.6 Å². The number of fused-ring (bicyclic) bond motifs is 1. The molecular weight excluding hydrogens is 400 g/mol. The lowest BCUT2D eigenvalue weighted by Crippen LogP contribution is -2.44. The summed E-state index contributed by atoms with van der Waals surface area (Å²) in [6.07, 6.45) is -1.78. The third kappa shape index (κ3) is 3.69. The van der Waals surface area contributed by atoms with Gasteiger partial charge in [-0.25, -0.2) is 4.98 Å². The first kappa shape index (κ1) is 21.6. The maximum Gasteiger partial charge on any atom is 0.207 e. The highest BCUT2D eigenvalue weighted by Crippen LogP contribution is 2.46. The minimum atomic E-state index is -1.97. The van der Waals surface area contributed by atoms with Gasteiger partial charge in [0, 0.05) is 0 Å². The molecular formula is C18H29ClN4O4Si. The number of rotatable bonds is 4. The van der Waals surface area contributed by atoms with E-state index in [9.17, 15) is 5.26 Å². The Kier molecular flexibility index (Phi) is 5.37. The fraction of sp³-hybridized carbons (Fsp3) is 0.778. The van der Waals surface area contributed by atoms with Crippen molar-refractivity contribution in [3.05, 3.63) is 11.0 Å². The Morgan fingerprint density at radius 1 is 1.32 bits per heavy atom. The van der Waals surface area contributed by atoms with Crippen molar-refractivity contribution in [2.45, 2.75) is 83.1 Å². The van der Waals surface area contributed by atoms with E-state index >= 15 is 0 Å². The standard InChI is InChI=1S/C18H29ClN4O4Si/c1-17(2,3)28(6,7)24-9-11-12-13(27-18(4,5)26-12)15(25-11)23-14(21)10(8-20)22-16(23)19/h11-13,15H,9,21H2,1-7H3/t11-,12-,13-,15-/m1/s1. The zero-order valence-electron chi connectivity index (χ0n) is 17.4. The molecule has 0 aromatic carbocycles. The molecule has 2 fully saturated rings. The van der Waals surface area contributed by atoms with E-state index < -0.39 is 26.4 Å². The maximum absolute atomic E-state index is 9.19. The third-order valence-electron chi connectivity index (χ3n) is 5.81. The van der Waals surface area contributed by atoms with Gasteiger partial charge in [0.15, 0.2) is 26.0 Å². The van der Waals surface area contributed by atoms with E-state index in [2.05, 4.69) is 38.8 Å². The van der Waals surface area contributed by atoms with Crippen LogP contribution in [0.25, 0.3) is 0 Å². The molecule has 1 aromatic heterocycles. The van der Waals surface area contributed by atoms with Gasteiger partial charge in [-0.05, 0) is 43.6 Å². The molecule has 1 aromatic rings. The quantitative estimate of drug-likeness (QED) is 0.732. The molecule has 3 rings (SSSR count). The first-order chi connectivity index (χ1) is 12.8. The SMILES string of the molecule is CC1(C)O[C@@H]2[C@H](O1)[C@@H](CO[Si](C)(C)C(C)(C)C)O[C@H]2n1c(Cl)nc(C#N)c1N. The van der Waals surface area contributed by atoms with Gasteiger partial charge in [0.25, 0.3) is 0 Å². The van der Waals surface area contributed by atoms with Crippen LogP contribution >= 0.6 is 11.6 Å². The lowest BCUT2D eigenvalue weighted by molar-refractivity contribution is -0.199. The van der Waals surface area contributed by atoms with Gasteiger partial charge in [0.05, 0.1) is 6.61 Å². The average molecular weight is 429 g/mol. The van der Waals surface area contributed by atoms with Crippen molar-refractivity contribution in [2.75, 3.05) is 12.3 Å². The summed E-state index contributed by atoms with van der Waals surface area (Å²) in [5.74, 6) is -0.623. The second kappa shape index (κ2) is 6.97. The first-order valence-electron chi connectivity index (χ1n) is 9.36. The highest BCUT2D eigenvalue weighted by atomic mass is 35.5. The van der Waals surface area contributed by atoms with E-state index in [-0.39, 0.29) is 34.0 Å². The van der Waals surface area contributed by atoms with Crippen LogP contribution in [0, 0.1) is 11.3 Å². The van der Waals surface area contributed by atoms with E-state index in [1.54, 1.807) is 0 Å². The fourth-order valence-corrected chi connectivity index (χ4v) is 4.54. The molecule has 2 aliphatic heterocycles. The maximum atomic E-state index is 9.19. The fourth-order valence-electron chi connectivity index (χ4n) is 3.25. The number of nitrogens with zero attached hydrogens (tertiary/aromatic N) is 3. The summed E-state index contributed by atoms with van der Waals surface area (Å²) < 4.78 is 26.3. The molecule has 0 bridgehead atoms. The molecule has 28 heavy (non-hydrogen) atoms. The monoisotopic (exact) mass is 428 g/mol. The zero-order chi connectivity index (χ0) is 21.1. The summed E-state index contributed by atoms with van der Waals surface area (Å²) in [6.45, 7) is 15.0. The minimum Gasteiger partial charge on any atom is -0.414 e. The van der Waals surface area contributed by atoms with Gasteiger partial charge in [-0.3, -0.25) is 4.57 Å². The molecule has 0 aliphatic carbocycles. The van der Waals surface area contributed by atoms with Crippen molar-refractivity contribution >= 4 is 25.7 Å². The summed E-state index contributed by atoms with van der Waals surface area (Å²) in [7, 11) is -1.97. The number of nitriles is 1. The Labute approximate surface area is 172 Å². The van der Waals surface area contributed by atoms with Crippen molar-refractivity contribution in [1.29, 1.82) is 5.26 Å². The lowest BCUT2D eigenvalue weighted by Gasteiger charge is -2.37. The van der Waals surface area contributed by atoms with Gasteiger partial charge in [-0.15, -0.1) is 0 Å². The number of nitrogen functional groups attached to an aromatic ring is 1. The van der Waals surface area contributed by atoms with Crippen molar-refractivity contribution in [3.8, 4) is 6.07 Å². The molecule has 2 N–H and O–H groups in total. The molecule has 10 heteroatoms. The number of aromatic nitrogens is 2. The van der Waals surface area contributed by atoms with E-state index in [0.717, 1.165) is 0 Å². The number of ether oxygens (including phenoxy) is 3. The van der Waals surface area contributed by atoms with Crippen LogP contribution in [0.2, 0.25) is 23.4 Å². The Morgan fingerprint density at radius 2 is 1.93 bits per heavy atom. The molecule has 2 aliphatic rings. The van der Waals surface area contributed by atoms with E-state index in [1.807, 2.05) is 19.9 Å². The molecule has 156 valence electrons. The number of halogens is 1. The number of hydrogen-bond acceptors (Lipinski definition) is 7. The predicted octanol–water partition coefficient (Wildman–Crippen LogP) is 3.43. The molecule has 4 atom stereocenters. The van der Waals surface area contributed by atoms with Crippen LogP contribution in [0.4, 0.5) is 5.82 Å². The number of anilines is 1. The Morgan fingerprint density at radius 3 is 2.46 bits per heavy atom. The van der Waals surface area contributed by atoms with Gasteiger partial charge in [-0.2, -0.15) is 5.26 Å².